The smallest absolute Gasteiger partial charge is 0.350 e. The van der Waals surface area contributed by atoms with Crippen molar-refractivity contribution < 1.29 is 24.1 Å². The van der Waals surface area contributed by atoms with Gasteiger partial charge in [-0.15, -0.1) is 0 Å². The third-order valence-corrected chi connectivity index (χ3v) is 2.20. The van der Waals surface area contributed by atoms with E-state index in [9.17, 15) is 19.4 Å². The fourth-order valence-electron chi connectivity index (χ4n) is 1.30. The van der Waals surface area contributed by atoms with E-state index >= 15 is 0 Å². The molecule has 0 fully saturated rings. The molecule has 0 heterocycles. The van der Waals surface area contributed by atoms with Crippen molar-refractivity contribution in [2.24, 2.45) is 0 Å². The Balaban J connectivity index is 5.25. The van der Waals surface area contributed by atoms with E-state index in [1.54, 1.807) is 13.8 Å². The van der Waals surface area contributed by atoms with Gasteiger partial charge >= 0.3 is 5.97 Å². The molecule has 0 aliphatic carbocycles. The lowest BCUT2D eigenvalue weighted by molar-refractivity contribution is -0.172. The summed E-state index contributed by atoms with van der Waals surface area (Å²) in [6, 6.07) is 0. The number of ether oxygens (including phenoxy) is 1. The topological polar surface area (TPSA) is 66.8 Å². The Kier molecular flexibility index (Phi) is 6.68. The highest BCUT2D eigenvalue weighted by atomic mass is 19.1. The number of alkyl halides is 1. The number of allylic oxidation sites excluding steroid dienone is 2. The van der Waals surface area contributed by atoms with Crippen LogP contribution in [0.15, 0.2) is 24.3 Å². The molecule has 0 rings (SSSR count). The third kappa shape index (κ3) is 3.64. The fraction of sp³-hybridized carbons (Fsp3) is 0.583. The van der Waals surface area contributed by atoms with E-state index in [0.29, 0.717) is 0 Å². The molecule has 0 aromatic rings. The van der Waals surface area contributed by atoms with Gasteiger partial charge < -0.3 is 14.9 Å². The molecule has 0 aliphatic rings. The van der Waals surface area contributed by atoms with Crippen LogP contribution in [0.2, 0.25) is 0 Å². The SMILES string of the molecule is C/C=C/[C@@H](O)C(F)(C(=O)OCC)[C@H](O)/C=C/C. The molecule has 0 unspecified atom stereocenters. The highest BCUT2D eigenvalue weighted by Gasteiger charge is 2.51. The van der Waals surface area contributed by atoms with Crippen LogP contribution in [0.3, 0.4) is 0 Å². The Morgan fingerprint density at radius 1 is 1.29 bits per heavy atom. The van der Waals surface area contributed by atoms with Gasteiger partial charge in [0.05, 0.1) is 6.61 Å². The highest BCUT2D eigenvalue weighted by molar-refractivity contribution is 5.82. The highest BCUT2D eigenvalue weighted by Crippen LogP contribution is 2.25. The van der Waals surface area contributed by atoms with Gasteiger partial charge in [-0.1, -0.05) is 24.3 Å². The van der Waals surface area contributed by atoms with Gasteiger partial charge in [0.1, 0.15) is 12.2 Å². The molecule has 0 aromatic carbocycles. The molecule has 98 valence electrons. The summed E-state index contributed by atoms with van der Waals surface area (Å²) in [6.07, 6.45) is 1.42. The average molecular weight is 246 g/mol. The van der Waals surface area contributed by atoms with Crippen molar-refractivity contribution >= 4 is 5.97 Å². The predicted octanol–water partition coefficient (Wildman–Crippen LogP) is 1.13. The van der Waals surface area contributed by atoms with Gasteiger partial charge in [-0.2, -0.15) is 0 Å². The van der Waals surface area contributed by atoms with Crippen LogP contribution in [0.4, 0.5) is 4.39 Å². The first-order chi connectivity index (χ1) is 7.94. The van der Waals surface area contributed by atoms with Crippen molar-refractivity contribution in [3.05, 3.63) is 24.3 Å². The molecule has 0 radical (unpaired) electrons. The lowest BCUT2D eigenvalue weighted by Crippen LogP contribution is -2.54. The molecule has 0 aromatic heterocycles. The zero-order chi connectivity index (χ0) is 13.5. The van der Waals surface area contributed by atoms with Crippen LogP contribution in [-0.4, -0.2) is 40.7 Å². The number of rotatable bonds is 6. The summed E-state index contributed by atoms with van der Waals surface area (Å²) in [5, 5.41) is 19.2. The Hall–Kier alpha value is -1.20. The largest absolute Gasteiger partial charge is 0.463 e. The van der Waals surface area contributed by atoms with Crippen LogP contribution >= 0.6 is 0 Å². The number of halogens is 1. The number of aliphatic hydroxyl groups excluding tert-OH is 2. The first kappa shape index (κ1) is 15.8. The summed E-state index contributed by atoms with van der Waals surface area (Å²) < 4.78 is 19.0. The van der Waals surface area contributed by atoms with Crippen LogP contribution in [0, 0.1) is 0 Å². The van der Waals surface area contributed by atoms with Gasteiger partial charge in [-0.25, -0.2) is 9.18 Å². The quantitative estimate of drug-likeness (QED) is 0.544. The van der Waals surface area contributed by atoms with E-state index in [-0.39, 0.29) is 6.61 Å². The fourth-order valence-corrected chi connectivity index (χ4v) is 1.30. The Labute approximate surface area is 100 Å². The molecular weight excluding hydrogens is 227 g/mol. The molecule has 0 saturated carbocycles. The van der Waals surface area contributed by atoms with E-state index in [1.165, 1.54) is 19.1 Å². The third-order valence-electron chi connectivity index (χ3n) is 2.20. The standard InChI is InChI=1S/C12H19FO4/c1-4-7-9(14)12(13,10(15)8-5-2)11(16)17-6-3/h4-5,7-10,14-15H,6H2,1-3H3/b7-4+,8-5+/t9-,10-/m1/s1. The van der Waals surface area contributed by atoms with Crippen LogP contribution in [0.5, 0.6) is 0 Å². The van der Waals surface area contributed by atoms with Crippen molar-refractivity contribution in [3.8, 4) is 0 Å². The lowest BCUT2D eigenvalue weighted by Gasteiger charge is -2.29. The minimum absolute atomic E-state index is 0.0321. The Bertz CT molecular complexity index is 281. The maximum absolute atomic E-state index is 14.5. The Morgan fingerprint density at radius 2 is 1.71 bits per heavy atom. The van der Waals surface area contributed by atoms with Gasteiger partial charge in [0.15, 0.2) is 0 Å². The minimum atomic E-state index is -2.89. The molecule has 4 nitrogen and oxygen atoms in total. The summed E-state index contributed by atoms with van der Waals surface area (Å²) in [6.45, 7) is 4.62. The first-order valence-electron chi connectivity index (χ1n) is 5.42. The van der Waals surface area contributed by atoms with E-state index in [1.807, 2.05) is 0 Å². The molecule has 0 aliphatic heterocycles. The lowest BCUT2D eigenvalue weighted by atomic mass is 9.91. The molecule has 0 amide bonds. The molecule has 0 spiro atoms. The summed E-state index contributed by atoms with van der Waals surface area (Å²) in [5.41, 5.74) is -2.89. The summed E-state index contributed by atoms with van der Waals surface area (Å²) >= 11 is 0. The number of hydrogen-bond acceptors (Lipinski definition) is 4. The van der Waals surface area contributed by atoms with Crippen LogP contribution < -0.4 is 0 Å². The zero-order valence-corrected chi connectivity index (χ0v) is 10.3. The van der Waals surface area contributed by atoms with E-state index in [0.717, 1.165) is 12.2 Å². The second-order valence-electron chi connectivity index (χ2n) is 3.43. The van der Waals surface area contributed by atoms with Crippen molar-refractivity contribution in [2.75, 3.05) is 6.61 Å². The first-order valence-corrected chi connectivity index (χ1v) is 5.42. The average Bonchev–Trinajstić information content (AvgIpc) is 2.28. The molecular formula is C12H19FO4. The number of carbonyl (C=O) groups excluding carboxylic acids is 1. The second kappa shape index (κ2) is 7.19. The zero-order valence-electron chi connectivity index (χ0n) is 10.3. The van der Waals surface area contributed by atoms with E-state index in [4.69, 9.17) is 0 Å². The molecule has 0 saturated heterocycles. The van der Waals surface area contributed by atoms with Gasteiger partial charge in [-0.3, -0.25) is 0 Å². The van der Waals surface area contributed by atoms with Crippen molar-refractivity contribution in [2.45, 2.75) is 38.6 Å². The number of esters is 1. The van der Waals surface area contributed by atoms with Gasteiger partial charge in [0.2, 0.25) is 0 Å². The monoisotopic (exact) mass is 246 g/mol. The van der Waals surface area contributed by atoms with Crippen molar-refractivity contribution in [1.82, 2.24) is 0 Å². The molecule has 5 heteroatoms. The molecule has 2 atom stereocenters. The Morgan fingerprint density at radius 3 is 2.00 bits per heavy atom. The van der Waals surface area contributed by atoms with Crippen molar-refractivity contribution in [1.29, 1.82) is 0 Å². The summed E-state index contributed by atoms with van der Waals surface area (Å²) in [5.74, 6) is -1.28. The number of aliphatic hydroxyl groups is 2. The normalized spacial score (nSPS) is 16.4. The van der Waals surface area contributed by atoms with Gasteiger partial charge in [0, 0.05) is 0 Å². The molecule has 0 bridgehead atoms. The maximum Gasteiger partial charge on any atom is 0.350 e. The molecule has 2 N–H and O–H groups in total. The van der Waals surface area contributed by atoms with Crippen molar-refractivity contribution in [3.63, 3.8) is 0 Å². The van der Waals surface area contributed by atoms with Gasteiger partial charge in [0.25, 0.3) is 5.67 Å². The van der Waals surface area contributed by atoms with E-state index in [2.05, 4.69) is 4.74 Å². The van der Waals surface area contributed by atoms with E-state index < -0.39 is 23.8 Å². The van der Waals surface area contributed by atoms with Gasteiger partial charge in [-0.05, 0) is 20.8 Å². The maximum atomic E-state index is 14.5. The van der Waals surface area contributed by atoms with Crippen LogP contribution in [-0.2, 0) is 9.53 Å². The predicted molar refractivity (Wildman–Crippen MR) is 62.1 cm³/mol. The summed E-state index contributed by atoms with van der Waals surface area (Å²) in [4.78, 5) is 11.5. The van der Waals surface area contributed by atoms with Crippen LogP contribution in [0.1, 0.15) is 20.8 Å². The second-order valence-corrected chi connectivity index (χ2v) is 3.43. The molecule has 17 heavy (non-hydrogen) atoms. The number of carbonyl (C=O) groups is 1. The summed E-state index contributed by atoms with van der Waals surface area (Å²) in [7, 11) is 0. The number of hydrogen-bond donors (Lipinski definition) is 2. The van der Waals surface area contributed by atoms with Crippen LogP contribution in [0.25, 0.3) is 0 Å². The minimum Gasteiger partial charge on any atom is -0.463 e.